The van der Waals surface area contributed by atoms with Gasteiger partial charge in [-0.1, -0.05) is 0 Å². The van der Waals surface area contributed by atoms with E-state index in [1.165, 1.54) is 19.1 Å². The maximum absolute atomic E-state index is 13.1. The normalized spacial score (nSPS) is 15.2. The van der Waals surface area contributed by atoms with Crippen LogP contribution in [0.15, 0.2) is 18.2 Å². The molecule has 0 atom stereocenters. The standard InChI is InChI=1S/C11H13FN2O/c1-8(15)14-6-2-5-13-10-4-3-9(12)7-11(10)14/h3-4,7,13H,2,5-6H2,1H3. The highest BCUT2D eigenvalue weighted by atomic mass is 19.1. The molecular formula is C11H13FN2O. The quantitative estimate of drug-likeness (QED) is 0.707. The summed E-state index contributed by atoms with van der Waals surface area (Å²) in [6, 6.07) is 4.47. The summed E-state index contributed by atoms with van der Waals surface area (Å²) in [5.41, 5.74) is 1.46. The van der Waals surface area contributed by atoms with Crippen molar-refractivity contribution < 1.29 is 9.18 Å². The summed E-state index contributed by atoms with van der Waals surface area (Å²) in [6.45, 7) is 2.95. The van der Waals surface area contributed by atoms with Crippen molar-refractivity contribution in [2.45, 2.75) is 13.3 Å². The van der Waals surface area contributed by atoms with E-state index < -0.39 is 0 Å². The van der Waals surface area contributed by atoms with Crippen molar-refractivity contribution in [3.8, 4) is 0 Å². The van der Waals surface area contributed by atoms with E-state index in [0.717, 1.165) is 18.7 Å². The lowest BCUT2D eigenvalue weighted by molar-refractivity contribution is -0.116. The monoisotopic (exact) mass is 208 g/mol. The molecular weight excluding hydrogens is 195 g/mol. The van der Waals surface area contributed by atoms with Gasteiger partial charge in [0.2, 0.25) is 5.91 Å². The highest BCUT2D eigenvalue weighted by molar-refractivity contribution is 5.95. The van der Waals surface area contributed by atoms with Gasteiger partial charge in [-0.15, -0.1) is 0 Å². The summed E-state index contributed by atoms with van der Waals surface area (Å²) in [4.78, 5) is 13.0. The van der Waals surface area contributed by atoms with E-state index in [1.54, 1.807) is 11.0 Å². The largest absolute Gasteiger partial charge is 0.383 e. The summed E-state index contributed by atoms with van der Waals surface area (Å²) >= 11 is 0. The zero-order valence-electron chi connectivity index (χ0n) is 8.59. The average Bonchev–Trinajstić information content (AvgIpc) is 2.39. The number of hydrogen-bond donors (Lipinski definition) is 1. The summed E-state index contributed by atoms with van der Waals surface area (Å²) in [5.74, 6) is -0.366. The van der Waals surface area contributed by atoms with Crippen LogP contribution in [0.4, 0.5) is 15.8 Å². The third kappa shape index (κ3) is 1.93. The van der Waals surface area contributed by atoms with Gasteiger partial charge >= 0.3 is 0 Å². The molecule has 15 heavy (non-hydrogen) atoms. The predicted octanol–water partition coefficient (Wildman–Crippen LogP) is 1.99. The maximum Gasteiger partial charge on any atom is 0.223 e. The second-order valence-corrected chi connectivity index (χ2v) is 3.61. The molecule has 0 aliphatic carbocycles. The van der Waals surface area contributed by atoms with E-state index >= 15 is 0 Å². The average molecular weight is 208 g/mol. The van der Waals surface area contributed by atoms with Crippen LogP contribution in [0.3, 0.4) is 0 Å². The van der Waals surface area contributed by atoms with Crippen LogP contribution in [0.25, 0.3) is 0 Å². The van der Waals surface area contributed by atoms with Crippen molar-refractivity contribution >= 4 is 17.3 Å². The molecule has 1 aliphatic rings. The van der Waals surface area contributed by atoms with Crippen LogP contribution >= 0.6 is 0 Å². The topological polar surface area (TPSA) is 32.3 Å². The lowest BCUT2D eigenvalue weighted by atomic mass is 10.2. The van der Waals surface area contributed by atoms with Crippen molar-refractivity contribution in [2.75, 3.05) is 23.3 Å². The van der Waals surface area contributed by atoms with Gasteiger partial charge in [-0.2, -0.15) is 0 Å². The molecule has 0 fully saturated rings. The first-order valence-corrected chi connectivity index (χ1v) is 5.00. The fourth-order valence-corrected chi connectivity index (χ4v) is 1.79. The Labute approximate surface area is 87.9 Å². The van der Waals surface area contributed by atoms with E-state index in [4.69, 9.17) is 0 Å². The molecule has 0 unspecified atom stereocenters. The first-order chi connectivity index (χ1) is 7.18. The molecule has 1 heterocycles. The van der Waals surface area contributed by atoms with Gasteiger partial charge in [0, 0.05) is 20.0 Å². The molecule has 0 saturated carbocycles. The lowest BCUT2D eigenvalue weighted by Gasteiger charge is -2.20. The Hall–Kier alpha value is -1.58. The van der Waals surface area contributed by atoms with Gasteiger partial charge in [0.05, 0.1) is 11.4 Å². The third-order valence-electron chi connectivity index (χ3n) is 2.50. The Morgan fingerprint density at radius 3 is 3.07 bits per heavy atom. The summed E-state index contributed by atoms with van der Waals surface area (Å²) in [5, 5.41) is 3.18. The molecule has 1 aromatic carbocycles. The fraction of sp³-hybridized carbons (Fsp3) is 0.364. The number of nitrogens with one attached hydrogen (secondary N) is 1. The van der Waals surface area contributed by atoms with Crippen LogP contribution in [0.5, 0.6) is 0 Å². The van der Waals surface area contributed by atoms with Crippen molar-refractivity contribution in [2.24, 2.45) is 0 Å². The lowest BCUT2D eigenvalue weighted by Crippen LogP contribution is -2.29. The molecule has 1 amide bonds. The Morgan fingerprint density at radius 2 is 2.33 bits per heavy atom. The fourth-order valence-electron chi connectivity index (χ4n) is 1.79. The molecule has 2 rings (SSSR count). The van der Waals surface area contributed by atoms with Crippen molar-refractivity contribution in [1.82, 2.24) is 0 Å². The summed E-state index contributed by atoms with van der Waals surface area (Å²) in [6.07, 6.45) is 0.871. The first kappa shape index (κ1) is 9.96. The Morgan fingerprint density at radius 1 is 1.53 bits per heavy atom. The molecule has 0 radical (unpaired) electrons. The van der Waals surface area contributed by atoms with E-state index in [9.17, 15) is 9.18 Å². The minimum Gasteiger partial charge on any atom is -0.383 e. The predicted molar refractivity (Wildman–Crippen MR) is 57.5 cm³/mol. The van der Waals surface area contributed by atoms with Gasteiger partial charge in [-0.3, -0.25) is 4.79 Å². The Balaban J connectivity index is 2.46. The third-order valence-corrected chi connectivity index (χ3v) is 2.50. The number of amides is 1. The van der Waals surface area contributed by atoms with E-state index in [2.05, 4.69) is 5.32 Å². The van der Waals surface area contributed by atoms with E-state index in [0.29, 0.717) is 12.2 Å². The molecule has 0 spiro atoms. The number of halogens is 1. The zero-order chi connectivity index (χ0) is 10.8. The molecule has 0 aromatic heterocycles. The Kier molecular flexibility index (Phi) is 2.58. The molecule has 4 heteroatoms. The number of carbonyl (C=O) groups is 1. The number of nitrogens with zero attached hydrogens (tertiary/aromatic N) is 1. The highest BCUT2D eigenvalue weighted by Gasteiger charge is 2.18. The van der Waals surface area contributed by atoms with Crippen molar-refractivity contribution in [3.05, 3.63) is 24.0 Å². The second-order valence-electron chi connectivity index (χ2n) is 3.61. The molecule has 1 aliphatic heterocycles. The molecule has 0 saturated heterocycles. The van der Waals surface area contributed by atoms with E-state index in [1.807, 2.05) is 0 Å². The molecule has 80 valence electrons. The van der Waals surface area contributed by atoms with Gasteiger partial charge < -0.3 is 10.2 Å². The van der Waals surface area contributed by atoms with Gasteiger partial charge in [-0.05, 0) is 24.6 Å². The van der Waals surface area contributed by atoms with Crippen molar-refractivity contribution in [1.29, 1.82) is 0 Å². The van der Waals surface area contributed by atoms with Crippen LogP contribution in [0, 0.1) is 5.82 Å². The number of hydrogen-bond acceptors (Lipinski definition) is 2. The SMILES string of the molecule is CC(=O)N1CCCNc2ccc(F)cc21. The molecule has 1 N–H and O–H groups in total. The molecule has 3 nitrogen and oxygen atoms in total. The minimum absolute atomic E-state index is 0.0504. The first-order valence-electron chi connectivity index (χ1n) is 5.00. The number of rotatable bonds is 0. The highest BCUT2D eigenvalue weighted by Crippen LogP contribution is 2.29. The molecule has 1 aromatic rings. The second kappa shape index (κ2) is 3.88. The maximum atomic E-state index is 13.1. The summed E-state index contributed by atoms with van der Waals surface area (Å²) < 4.78 is 13.1. The van der Waals surface area contributed by atoms with Gasteiger partial charge in [0.25, 0.3) is 0 Å². The van der Waals surface area contributed by atoms with Crippen molar-refractivity contribution in [3.63, 3.8) is 0 Å². The Bertz CT molecular complexity index is 392. The molecule has 0 bridgehead atoms. The van der Waals surface area contributed by atoms with Gasteiger partial charge in [-0.25, -0.2) is 4.39 Å². The van der Waals surface area contributed by atoms with Gasteiger partial charge in [0.15, 0.2) is 0 Å². The summed E-state index contributed by atoms with van der Waals surface area (Å²) in [7, 11) is 0. The zero-order valence-corrected chi connectivity index (χ0v) is 8.59. The van der Waals surface area contributed by atoms with Crippen LogP contribution < -0.4 is 10.2 Å². The van der Waals surface area contributed by atoms with Crippen LogP contribution in [0.1, 0.15) is 13.3 Å². The number of benzene rings is 1. The van der Waals surface area contributed by atoms with Crippen LogP contribution in [-0.4, -0.2) is 19.0 Å². The van der Waals surface area contributed by atoms with Gasteiger partial charge in [0.1, 0.15) is 5.82 Å². The number of anilines is 2. The van der Waals surface area contributed by atoms with E-state index in [-0.39, 0.29) is 11.7 Å². The number of fused-ring (bicyclic) bond motifs is 1. The van der Waals surface area contributed by atoms with Crippen LogP contribution in [0.2, 0.25) is 0 Å². The smallest absolute Gasteiger partial charge is 0.223 e. The number of carbonyl (C=O) groups excluding carboxylic acids is 1. The van der Waals surface area contributed by atoms with Crippen LogP contribution in [-0.2, 0) is 4.79 Å². The minimum atomic E-state index is -0.316.